The van der Waals surface area contributed by atoms with Crippen LogP contribution in [0.25, 0.3) is 11.0 Å². The first kappa shape index (κ1) is 18.5. The number of nitrogens with one attached hydrogen (secondary N) is 2. The van der Waals surface area contributed by atoms with E-state index in [9.17, 15) is 13.2 Å². The van der Waals surface area contributed by atoms with Crippen LogP contribution >= 0.6 is 0 Å². The van der Waals surface area contributed by atoms with E-state index >= 15 is 0 Å². The van der Waals surface area contributed by atoms with Crippen LogP contribution in [0.5, 0.6) is 0 Å². The third kappa shape index (κ3) is 3.35. The maximum Gasteiger partial charge on any atom is 0.411 e. The number of aromatic nitrogens is 4. The normalized spacial score (nSPS) is 16.8. The van der Waals surface area contributed by atoms with Crippen LogP contribution in [0.4, 0.5) is 24.9 Å². The van der Waals surface area contributed by atoms with Gasteiger partial charge in [0.25, 0.3) is 0 Å². The molecular weight excluding hydrogens is 371 g/mol. The number of fused-ring (bicyclic) bond motifs is 1. The fourth-order valence-corrected chi connectivity index (χ4v) is 3.05. The lowest BCUT2D eigenvalue weighted by atomic mass is 10.1. The fourth-order valence-electron chi connectivity index (χ4n) is 3.05. The van der Waals surface area contributed by atoms with Gasteiger partial charge >= 0.3 is 6.18 Å². The van der Waals surface area contributed by atoms with Gasteiger partial charge in [0.2, 0.25) is 5.95 Å². The maximum absolute atomic E-state index is 13.4. The Labute approximate surface area is 159 Å². The number of nitrogens with zero attached hydrogens (tertiary/aromatic N) is 4. The summed E-state index contributed by atoms with van der Waals surface area (Å²) < 4.78 is 41.6. The van der Waals surface area contributed by atoms with E-state index in [-0.39, 0.29) is 30.6 Å². The molecule has 1 atom stereocenters. The number of benzene rings is 1. The molecule has 148 valence electrons. The zero-order valence-electron chi connectivity index (χ0n) is 15.2. The van der Waals surface area contributed by atoms with Crippen LogP contribution in [0.15, 0.2) is 36.5 Å². The van der Waals surface area contributed by atoms with Crippen LogP contribution in [-0.2, 0) is 7.05 Å². The summed E-state index contributed by atoms with van der Waals surface area (Å²) in [7, 11) is 1.68. The molecule has 1 saturated carbocycles. The van der Waals surface area contributed by atoms with Crippen LogP contribution in [0.2, 0.25) is 0 Å². The van der Waals surface area contributed by atoms with Gasteiger partial charge < -0.3 is 16.4 Å². The zero-order valence-corrected chi connectivity index (χ0v) is 15.2. The van der Waals surface area contributed by atoms with Gasteiger partial charge in [-0.2, -0.15) is 28.2 Å². The maximum atomic E-state index is 13.4. The van der Waals surface area contributed by atoms with Gasteiger partial charge in [0, 0.05) is 19.6 Å². The van der Waals surface area contributed by atoms with E-state index in [0.717, 1.165) is 5.56 Å². The minimum atomic E-state index is -4.35. The Morgan fingerprint density at radius 1 is 1.21 bits per heavy atom. The van der Waals surface area contributed by atoms with E-state index in [2.05, 4.69) is 25.7 Å². The van der Waals surface area contributed by atoms with Crippen molar-refractivity contribution in [3.8, 4) is 0 Å². The van der Waals surface area contributed by atoms with Crippen molar-refractivity contribution >= 4 is 22.8 Å². The Morgan fingerprint density at radius 2 is 1.93 bits per heavy atom. The lowest BCUT2D eigenvalue weighted by molar-refractivity contribution is -0.151. The number of hydrogen-bond donors (Lipinski definition) is 3. The van der Waals surface area contributed by atoms with Gasteiger partial charge in [0.1, 0.15) is 11.4 Å². The minimum Gasteiger partial charge on any atom is -0.355 e. The van der Waals surface area contributed by atoms with Crippen LogP contribution in [0.1, 0.15) is 24.4 Å². The van der Waals surface area contributed by atoms with Gasteiger partial charge in [0.15, 0.2) is 5.65 Å². The molecule has 2 aromatic heterocycles. The highest BCUT2D eigenvalue weighted by atomic mass is 19.4. The Morgan fingerprint density at radius 3 is 2.57 bits per heavy atom. The topological polar surface area (TPSA) is 93.7 Å². The molecule has 7 nitrogen and oxygen atoms in total. The van der Waals surface area contributed by atoms with Crippen LogP contribution in [0, 0.1) is 0 Å². The average Bonchev–Trinajstić information content (AvgIpc) is 3.37. The molecule has 28 heavy (non-hydrogen) atoms. The second-order valence-electron chi connectivity index (χ2n) is 7.00. The van der Waals surface area contributed by atoms with Crippen molar-refractivity contribution in [2.24, 2.45) is 12.8 Å². The smallest absolute Gasteiger partial charge is 0.355 e. The van der Waals surface area contributed by atoms with Gasteiger partial charge in [-0.25, -0.2) is 0 Å². The number of aryl methyl sites for hydroxylation is 1. The largest absolute Gasteiger partial charge is 0.411 e. The standard InChI is InChI=1S/C18H20F3N7/c1-28-15-12(9-24-28)14(27-17(7-8-17)18(19,20)21)25-16(26-15)23-10-13(22)11-5-3-2-4-6-11/h2-6,9,13H,7-8,10,22H2,1H3,(H2,23,25,26,27)/t13-/m0/s1. The summed E-state index contributed by atoms with van der Waals surface area (Å²) >= 11 is 0. The number of rotatable bonds is 6. The Bertz CT molecular complexity index is 980. The second-order valence-corrected chi connectivity index (χ2v) is 7.00. The summed E-state index contributed by atoms with van der Waals surface area (Å²) in [5, 5.41) is 10.1. The Hall–Kier alpha value is -2.88. The molecular formula is C18H20F3N7. The molecule has 0 aliphatic heterocycles. The summed E-state index contributed by atoms with van der Waals surface area (Å²) in [5.74, 6) is 0.312. The van der Waals surface area contributed by atoms with Crippen molar-refractivity contribution < 1.29 is 13.2 Å². The first-order valence-corrected chi connectivity index (χ1v) is 8.88. The SMILES string of the molecule is Cn1ncc2c(NC3(C(F)(F)F)CC3)nc(NC[C@H](N)c3ccccc3)nc21. The van der Waals surface area contributed by atoms with Gasteiger partial charge in [0.05, 0.1) is 11.6 Å². The number of anilines is 2. The molecule has 4 rings (SSSR count). The molecule has 0 saturated heterocycles. The van der Waals surface area contributed by atoms with Crippen molar-refractivity contribution in [1.82, 2.24) is 19.7 Å². The number of nitrogens with two attached hydrogens (primary N) is 1. The van der Waals surface area contributed by atoms with Gasteiger partial charge in [-0.05, 0) is 18.4 Å². The van der Waals surface area contributed by atoms with E-state index < -0.39 is 11.7 Å². The molecule has 0 amide bonds. The third-order valence-corrected chi connectivity index (χ3v) is 4.95. The van der Waals surface area contributed by atoms with E-state index in [4.69, 9.17) is 5.73 Å². The van der Waals surface area contributed by atoms with Crippen LogP contribution < -0.4 is 16.4 Å². The highest BCUT2D eigenvalue weighted by Gasteiger charge is 2.63. The first-order chi connectivity index (χ1) is 13.3. The van der Waals surface area contributed by atoms with E-state index in [1.807, 2.05) is 30.3 Å². The van der Waals surface area contributed by atoms with Crippen molar-refractivity contribution in [3.05, 3.63) is 42.1 Å². The lowest BCUT2D eigenvalue weighted by Gasteiger charge is -2.22. The van der Waals surface area contributed by atoms with E-state index in [1.165, 1.54) is 10.9 Å². The van der Waals surface area contributed by atoms with E-state index in [0.29, 0.717) is 17.6 Å². The molecule has 1 aromatic carbocycles. The first-order valence-electron chi connectivity index (χ1n) is 8.88. The van der Waals surface area contributed by atoms with Gasteiger partial charge in [-0.3, -0.25) is 4.68 Å². The van der Waals surface area contributed by atoms with Crippen molar-refractivity contribution in [1.29, 1.82) is 0 Å². The predicted octanol–water partition coefficient (Wildman–Crippen LogP) is 2.98. The quantitative estimate of drug-likeness (QED) is 0.598. The molecule has 3 aromatic rings. The molecule has 0 bridgehead atoms. The highest BCUT2D eigenvalue weighted by molar-refractivity contribution is 5.88. The van der Waals surface area contributed by atoms with Crippen LogP contribution in [-0.4, -0.2) is 38.0 Å². The Balaban J connectivity index is 1.60. The summed E-state index contributed by atoms with van der Waals surface area (Å²) in [6.07, 6.45) is -2.85. The third-order valence-electron chi connectivity index (χ3n) is 4.95. The molecule has 0 spiro atoms. The molecule has 1 aliphatic carbocycles. The lowest BCUT2D eigenvalue weighted by Crippen LogP contribution is -2.39. The fraction of sp³-hybridized carbons (Fsp3) is 0.389. The van der Waals surface area contributed by atoms with Gasteiger partial charge in [-0.1, -0.05) is 30.3 Å². The minimum absolute atomic E-state index is 0.0178. The highest BCUT2D eigenvalue weighted by Crippen LogP contribution is 2.51. The van der Waals surface area contributed by atoms with Crippen molar-refractivity contribution in [2.75, 3.05) is 17.2 Å². The zero-order chi connectivity index (χ0) is 19.9. The molecule has 0 radical (unpaired) electrons. The van der Waals surface area contributed by atoms with Gasteiger partial charge in [-0.15, -0.1) is 0 Å². The predicted molar refractivity (Wildman–Crippen MR) is 99.8 cm³/mol. The summed E-state index contributed by atoms with van der Waals surface area (Å²) in [6.45, 7) is 0.331. The summed E-state index contributed by atoms with van der Waals surface area (Å²) in [5.41, 5.74) is 5.61. The van der Waals surface area contributed by atoms with E-state index in [1.54, 1.807) is 7.05 Å². The monoisotopic (exact) mass is 391 g/mol. The second kappa shape index (κ2) is 6.62. The molecule has 2 heterocycles. The molecule has 1 fully saturated rings. The Kier molecular flexibility index (Phi) is 4.37. The average molecular weight is 391 g/mol. The summed E-state index contributed by atoms with van der Waals surface area (Å²) in [4.78, 5) is 8.65. The van der Waals surface area contributed by atoms with Crippen LogP contribution in [0.3, 0.4) is 0 Å². The molecule has 0 unspecified atom stereocenters. The number of alkyl halides is 3. The van der Waals surface area contributed by atoms with Crippen molar-refractivity contribution in [3.63, 3.8) is 0 Å². The van der Waals surface area contributed by atoms with Crippen molar-refractivity contribution in [2.45, 2.75) is 30.6 Å². The number of hydrogen-bond acceptors (Lipinski definition) is 6. The molecule has 1 aliphatic rings. The summed E-state index contributed by atoms with van der Waals surface area (Å²) in [6, 6.07) is 9.18. The molecule has 4 N–H and O–H groups in total. The number of halogens is 3. The molecule has 10 heteroatoms.